The number of fused-ring (bicyclic) bond motifs is 1. The Labute approximate surface area is 145 Å². The van der Waals surface area contributed by atoms with Gasteiger partial charge in [-0.1, -0.05) is 6.07 Å². The Morgan fingerprint density at radius 1 is 1.21 bits per heavy atom. The Hall–Kier alpha value is -1.73. The first kappa shape index (κ1) is 15.8. The quantitative estimate of drug-likeness (QED) is 0.763. The molecule has 6 heteroatoms. The maximum absolute atomic E-state index is 5.91. The van der Waals surface area contributed by atoms with Crippen LogP contribution in [0, 0.1) is 0 Å². The monoisotopic (exact) mass is 342 g/mol. The van der Waals surface area contributed by atoms with Crippen LogP contribution < -0.4 is 11.1 Å². The summed E-state index contributed by atoms with van der Waals surface area (Å²) in [5.41, 5.74) is 8.75. The summed E-state index contributed by atoms with van der Waals surface area (Å²) in [5, 5.41) is 3.44. The molecular weight excluding hydrogens is 320 g/mol. The molecule has 0 atom stereocenters. The predicted molar refractivity (Wildman–Crippen MR) is 98.0 cm³/mol. The SMILES string of the molecule is NCc1ccc(-c2nc3cc(CN4CCCNCC4)ccc3o2)s1. The molecule has 24 heavy (non-hydrogen) atoms. The van der Waals surface area contributed by atoms with Gasteiger partial charge in [-0.15, -0.1) is 11.3 Å². The van der Waals surface area contributed by atoms with Crippen LogP contribution in [0.4, 0.5) is 0 Å². The lowest BCUT2D eigenvalue weighted by Crippen LogP contribution is -2.27. The fraction of sp³-hybridized carbons (Fsp3) is 0.389. The number of nitrogens with zero attached hydrogens (tertiary/aromatic N) is 2. The van der Waals surface area contributed by atoms with Crippen molar-refractivity contribution in [2.24, 2.45) is 5.73 Å². The molecule has 0 unspecified atom stereocenters. The van der Waals surface area contributed by atoms with Crippen molar-refractivity contribution in [3.05, 3.63) is 40.8 Å². The number of aromatic nitrogens is 1. The van der Waals surface area contributed by atoms with Crippen LogP contribution >= 0.6 is 11.3 Å². The number of oxazole rings is 1. The van der Waals surface area contributed by atoms with Crippen LogP contribution in [-0.2, 0) is 13.1 Å². The zero-order valence-corrected chi connectivity index (χ0v) is 14.4. The fourth-order valence-corrected chi connectivity index (χ4v) is 3.91. The van der Waals surface area contributed by atoms with Gasteiger partial charge in [0.2, 0.25) is 5.89 Å². The van der Waals surface area contributed by atoms with Gasteiger partial charge in [0.15, 0.2) is 5.58 Å². The molecule has 1 fully saturated rings. The van der Waals surface area contributed by atoms with Crippen molar-refractivity contribution in [3.63, 3.8) is 0 Å². The van der Waals surface area contributed by atoms with Gasteiger partial charge in [-0.3, -0.25) is 4.90 Å². The maximum Gasteiger partial charge on any atom is 0.237 e. The number of thiophene rings is 1. The normalized spacial score (nSPS) is 16.5. The summed E-state index contributed by atoms with van der Waals surface area (Å²) < 4.78 is 5.91. The highest BCUT2D eigenvalue weighted by Crippen LogP contribution is 2.30. The Kier molecular flexibility index (Phi) is 4.62. The van der Waals surface area contributed by atoms with Crippen molar-refractivity contribution in [2.45, 2.75) is 19.5 Å². The third-order valence-electron chi connectivity index (χ3n) is 4.36. The molecular formula is C18H22N4OS. The minimum atomic E-state index is 0.555. The van der Waals surface area contributed by atoms with Crippen LogP contribution in [0.25, 0.3) is 21.9 Å². The molecule has 3 heterocycles. The molecule has 0 radical (unpaired) electrons. The third-order valence-corrected chi connectivity index (χ3v) is 5.46. The molecule has 5 nitrogen and oxygen atoms in total. The van der Waals surface area contributed by atoms with Gasteiger partial charge in [0.05, 0.1) is 4.88 Å². The van der Waals surface area contributed by atoms with Crippen LogP contribution in [0.5, 0.6) is 0 Å². The van der Waals surface area contributed by atoms with Crippen molar-refractivity contribution in [3.8, 4) is 10.8 Å². The predicted octanol–water partition coefficient (Wildman–Crippen LogP) is 2.81. The van der Waals surface area contributed by atoms with Gasteiger partial charge in [-0.25, -0.2) is 4.98 Å². The first-order valence-electron chi connectivity index (χ1n) is 8.43. The number of hydrogen-bond donors (Lipinski definition) is 2. The molecule has 0 amide bonds. The summed E-state index contributed by atoms with van der Waals surface area (Å²) in [4.78, 5) is 9.35. The maximum atomic E-state index is 5.91. The second-order valence-corrected chi connectivity index (χ2v) is 7.34. The molecule has 3 N–H and O–H groups in total. The Balaban J connectivity index is 1.56. The average molecular weight is 342 g/mol. The molecule has 0 saturated carbocycles. The van der Waals surface area contributed by atoms with E-state index in [1.165, 1.54) is 12.0 Å². The van der Waals surface area contributed by atoms with Gasteiger partial charge in [0.25, 0.3) is 0 Å². The number of benzene rings is 1. The van der Waals surface area contributed by atoms with E-state index in [1.807, 2.05) is 18.2 Å². The Morgan fingerprint density at radius 3 is 3.04 bits per heavy atom. The van der Waals surface area contributed by atoms with Crippen molar-refractivity contribution in [1.29, 1.82) is 0 Å². The highest BCUT2D eigenvalue weighted by atomic mass is 32.1. The molecule has 126 valence electrons. The minimum absolute atomic E-state index is 0.555. The molecule has 1 aliphatic rings. The largest absolute Gasteiger partial charge is 0.435 e. The van der Waals surface area contributed by atoms with E-state index in [9.17, 15) is 0 Å². The summed E-state index contributed by atoms with van der Waals surface area (Å²) in [6.45, 7) is 5.95. The second-order valence-electron chi connectivity index (χ2n) is 6.17. The summed E-state index contributed by atoms with van der Waals surface area (Å²) in [5.74, 6) is 0.686. The zero-order valence-electron chi connectivity index (χ0n) is 13.6. The minimum Gasteiger partial charge on any atom is -0.435 e. The van der Waals surface area contributed by atoms with Gasteiger partial charge >= 0.3 is 0 Å². The molecule has 3 aromatic rings. The Morgan fingerprint density at radius 2 is 2.17 bits per heavy atom. The van der Waals surface area contributed by atoms with Gasteiger partial charge < -0.3 is 15.5 Å². The van der Waals surface area contributed by atoms with Crippen molar-refractivity contribution < 1.29 is 4.42 Å². The lowest BCUT2D eigenvalue weighted by molar-refractivity contribution is 0.284. The van der Waals surface area contributed by atoms with Crippen molar-refractivity contribution in [2.75, 3.05) is 26.2 Å². The van der Waals surface area contributed by atoms with E-state index in [-0.39, 0.29) is 0 Å². The number of hydrogen-bond acceptors (Lipinski definition) is 6. The van der Waals surface area contributed by atoms with Crippen LogP contribution in [0.15, 0.2) is 34.7 Å². The van der Waals surface area contributed by atoms with Crippen molar-refractivity contribution in [1.82, 2.24) is 15.2 Å². The molecule has 0 aliphatic carbocycles. The van der Waals surface area contributed by atoms with Crippen LogP contribution in [0.2, 0.25) is 0 Å². The second kappa shape index (κ2) is 7.03. The lowest BCUT2D eigenvalue weighted by atomic mass is 10.2. The zero-order chi connectivity index (χ0) is 16.4. The van der Waals surface area contributed by atoms with Gasteiger partial charge in [-0.05, 0) is 49.3 Å². The first-order chi connectivity index (χ1) is 11.8. The summed E-state index contributed by atoms with van der Waals surface area (Å²) in [6.07, 6.45) is 1.21. The molecule has 1 aromatic carbocycles. The van der Waals surface area contributed by atoms with E-state index in [2.05, 4.69) is 27.3 Å². The van der Waals surface area contributed by atoms with E-state index in [0.717, 1.165) is 53.6 Å². The van der Waals surface area contributed by atoms with E-state index in [1.54, 1.807) is 11.3 Å². The molecule has 0 spiro atoms. The summed E-state index contributed by atoms with van der Waals surface area (Å²) in [6, 6.07) is 10.4. The standard InChI is InChI=1S/C18H22N4OS/c19-11-14-3-5-17(24-14)18-21-15-10-13(2-4-16(15)23-18)12-22-8-1-6-20-7-9-22/h2-5,10,20H,1,6-9,11-12,19H2. The van der Waals surface area contributed by atoms with Crippen LogP contribution in [0.1, 0.15) is 16.9 Å². The molecule has 0 bridgehead atoms. The molecule has 2 aromatic heterocycles. The third kappa shape index (κ3) is 3.37. The summed E-state index contributed by atoms with van der Waals surface area (Å²) >= 11 is 1.64. The van der Waals surface area contributed by atoms with Gasteiger partial charge in [0.1, 0.15) is 5.52 Å². The topological polar surface area (TPSA) is 67.3 Å². The molecule has 1 aliphatic heterocycles. The Bertz CT molecular complexity index is 817. The van der Waals surface area contributed by atoms with E-state index >= 15 is 0 Å². The first-order valence-corrected chi connectivity index (χ1v) is 9.25. The number of rotatable bonds is 4. The van der Waals surface area contributed by atoms with E-state index in [0.29, 0.717) is 12.4 Å². The number of nitrogens with two attached hydrogens (primary N) is 1. The average Bonchev–Trinajstić information content (AvgIpc) is 3.16. The van der Waals surface area contributed by atoms with E-state index < -0.39 is 0 Å². The smallest absolute Gasteiger partial charge is 0.237 e. The number of nitrogens with one attached hydrogen (secondary N) is 1. The fourth-order valence-electron chi connectivity index (χ4n) is 3.10. The lowest BCUT2D eigenvalue weighted by Gasteiger charge is -2.19. The van der Waals surface area contributed by atoms with Crippen LogP contribution in [0.3, 0.4) is 0 Å². The molecule has 4 rings (SSSR count). The summed E-state index contributed by atoms with van der Waals surface area (Å²) in [7, 11) is 0. The molecule has 1 saturated heterocycles. The van der Waals surface area contributed by atoms with E-state index in [4.69, 9.17) is 10.2 Å². The highest BCUT2D eigenvalue weighted by Gasteiger charge is 2.13. The highest BCUT2D eigenvalue weighted by molar-refractivity contribution is 7.15. The van der Waals surface area contributed by atoms with Gasteiger partial charge in [-0.2, -0.15) is 0 Å². The van der Waals surface area contributed by atoms with Crippen LogP contribution in [-0.4, -0.2) is 36.1 Å². The van der Waals surface area contributed by atoms with Gasteiger partial charge in [0, 0.05) is 31.1 Å². The van der Waals surface area contributed by atoms with Crippen molar-refractivity contribution >= 4 is 22.4 Å².